The summed E-state index contributed by atoms with van der Waals surface area (Å²) in [5, 5.41) is 3.57. The Morgan fingerprint density at radius 3 is 1.61 bits per heavy atom. The minimum atomic E-state index is 0.687. The van der Waals surface area contributed by atoms with E-state index in [4.69, 9.17) is 14.4 Å². The summed E-state index contributed by atoms with van der Waals surface area (Å²) in [5.41, 5.74) is 11.3. The van der Waals surface area contributed by atoms with Gasteiger partial charge in [0.05, 0.1) is 11.4 Å². The van der Waals surface area contributed by atoms with Crippen LogP contribution in [0.2, 0.25) is 0 Å². The number of hydrogen-bond acceptors (Lipinski definition) is 3. The van der Waals surface area contributed by atoms with Crippen molar-refractivity contribution in [2.24, 2.45) is 0 Å². The molecule has 0 aliphatic rings. The van der Waals surface area contributed by atoms with Crippen LogP contribution in [0.1, 0.15) is 0 Å². The van der Waals surface area contributed by atoms with Gasteiger partial charge in [-0.15, -0.1) is 0 Å². The normalized spacial score (nSPS) is 11.3. The highest BCUT2D eigenvalue weighted by Crippen LogP contribution is 2.36. The summed E-state index contributed by atoms with van der Waals surface area (Å²) in [4.78, 5) is 10.4. The van der Waals surface area contributed by atoms with Crippen LogP contribution in [0.5, 0.6) is 0 Å². The predicted molar refractivity (Wildman–Crippen MR) is 202 cm³/mol. The number of rotatable bonds is 6. The van der Waals surface area contributed by atoms with Crippen LogP contribution in [0.15, 0.2) is 186 Å². The highest BCUT2D eigenvalue weighted by molar-refractivity contribution is 5.97. The molecule has 49 heavy (non-hydrogen) atoms. The number of benzene rings is 7. The molecule has 0 N–H and O–H groups in total. The van der Waals surface area contributed by atoms with Gasteiger partial charge >= 0.3 is 0 Å². The van der Waals surface area contributed by atoms with Gasteiger partial charge in [-0.3, -0.25) is 0 Å². The van der Waals surface area contributed by atoms with E-state index >= 15 is 0 Å². The van der Waals surface area contributed by atoms with E-state index in [0.717, 1.165) is 61.5 Å². The van der Waals surface area contributed by atoms with Crippen molar-refractivity contribution in [2.75, 3.05) is 0 Å². The molecular weight excluding hydrogens is 597 g/mol. The largest absolute Gasteiger partial charge is 0.456 e. The Morgan fingerprint density at radius 1 is 0.347 bits per heavy atom. The molecule has 0 unspecified atom stereocenters. The second-order valence-electron chi connectivity index (χ2n) is 12.2. The van der Waals surface area contributed by atoms with Crippen LogP contribution in [0.4, 0.5) is 0 Å². The highest BCUT2D eigenvalue weighted by atomic mass is 16.3. The molecular formula is C46H30N2O. The third-order valence-electron chi connectivity index (χ3n) is 9.15. The van der Waals surface area contributed by atoms with E-state index in [1.165, 1.54) is 21.9 Å². The zero-order valence-electron chi connectivity index (χ0n) is 26.6. The zero-order chi connectivity index (χ0) is 32.6. The molecule has 3 heteroatoms. The Kier molecular flexibility index (Phi) is 7.14. The van der Waals surface area contributed by atoms with Crippen molar-refractivity contribution in [1.29, 1.82) is 0 Å². The maximum Gasteiger partial charge on any atom is 0.161 e. The van der Waals surface area contributed by atoms with E-state index in [0.29, 0.717) is 5.82 Å². The number of nitrogens with zero attached hydrogens (tertiary/aromatic N) is 2. The van der Waals surface area contributed by atoms with Crippen molar-refractivity contribution in [2.45, 2.75) is 0 Å². The molecule has 7 aromatic carbocycles. The Morgan fingerprint density at radius 2 is 0.878 bits per heavy atom. The van der Waals surface area contributed by atoms with Crippen molar-refractivity contribution in [3.05, 3.63) is 182 Å². The van der Waals surface area contributed by atoms with Gasteiger partial charge in [0.1, 0.15) is 11.3 Å². The van der Waals surface area contributed by atoms with Gasteiger partial charge in [0.15, 0.2) is 5.82 Å². The summed E-state index contributed by atoms with van der Waals surface area (Å²) in [6.07, 6.45) is 0. The quantitative estimate of drug-likeness (QED) is 0.184. The van der Waals surface area contributed by atoms with Crippen LogP contribution in [-0.2, 0) is 0 Å². The first-order chi connectivity index (χ1) is 24.3. The summed E-state index contributed by atoms with van der Waals surface area (Å²) in [7, 11) is 0. The average Bonchev–Trinajstić information content (AvgIpc) is 3.63. The van der Waals surface area contributed by atoms with E-state index in [1.54, 1.807) is 0 Å². The Labute approximate surface area is 284 Å². The van der Waals surface area contributed by atoms with Crippen LogP contribution in [0.3, 0.4) is 0 Å². The van der Waals surface area contributed by atoms with Gasteiger partial charge in [-0.25, -0.2) is 9.97 Å². The Hall–Kier alpha value is -6.58. The Bertz CT molecular complexity index is 2550. The first kappa shape index (κ1) is 28.6. The van der Waals surface area contributed by atoms with Gasteiger partial charge in [-0.1, -0.05) is 164 Å². The minimum absolute atomic E-state index is 0.687. The standard InChI is InChI=1S/C46H30N2O/c1-2-11-31(12-3-1)40-17-7-8-18-41(40)46-47-42(34-23-21-33(22-24-34)39-19-10-15-32-13-4-6-16-38(32)39)30-43(48-46)35-25-27-36(28-26-35)45-29-37-14-5-9-20-44(37)49-45/h1-30H. The molecule has 0 saturated carbocycles. The van der Waals surface area contributed by atoms with Crippen LogP contribution in [-0.4, -0.2) is 9.97 Å². The van der Waals surface area contributed by atoms with E-state index in [9.17, 15) is 0 Å². The number of hydrogen-bond donors (Lipinski definition) is 0. The lowest BCUT2D eigenvalue weighted by Crippen LogP contribution is -1.97. The van der Waals surface area contributed by atoms with Crippen molar-refractivity contribution in [3.63, 3.8) is 0 Å². The molecule has 0 aliphatic heterocycles. The Balaban J connectivity index is 1.15. The number of fused-ring (bicyclic) bond motifs is 2. The van der Waals surface area contributed by atoms with Gasteiger partial charge in [0.2, 0.25) is 0 Å². The second kappa shape index (κ2) is 12.2. The maximum absolute atomic E-state index is 6.15. The molecule has 3 nitrogen and oxygen atoms in total. The molecule has 0 spiro atoms. The lowest BCUT2D eigenvalue weighted by atomic mass is 9.96. The first-order valence-corrected chi connectivity index (χ1v) is 16.5. The van der Waals surface area contributed by atoms with Crippen LogP contribution in [0, 0.1) is 0 Å². The van der Waals surface area contributed by atoms with Gasteiger partial charge < -0.3 is 4.42 Å². The number of furan rings is 1. The first-order valence-electron chi connectivity index (χ1n) is 16.5. The second-order valence-corrected chi connectivity index (χ2v) is 12.2. The third-order valence-corrected chi connectivity index (χ3v) is 9.15. The summed E-state index contributed by atoms with van der Waals surface area (Å²) < 4.78 is 6.15. The minimum Gasteiger partial charge on any atom is -0.456 e. The zero-order valence-corrected chi connectivity index (χ0v) is 26.6. The molecule has 0 saturated heterocycles. The van der Waals surface area contributed by atoms with Crippen LogP contribution in [0.25, 0.3) is 89.2 Å². The molecule has 230 valence electrons. The molecule has 9 rings (SSSR count). The SMILES string of the molecule is c1ccc(-c2ccccc2-c2nc(-c3ccc(-c4cc5ccccc5o4)cc3)cc(-c3ccc(-c4cccc5ccccc45)cc3)n2)cc1. The molecule has 0 bridgehead atoms. The van der Waals surface area contributed by atoms with Gasteiger partial charge in [-0.2, -0.15) is 0 Å². The number of para-hydroxylation sites is 1. The van der Waals surface area contributed by atoms with Crippen molar-refractivity contribution < 1.29 is 4.42 Å². The molecule has 2 aromatic heterocycles. The highest BCUT2D eigenvalue weighted by Gasteiger charge is 2.15. The maximum atomic E-state index is 6.15. The fourth-order valence-corrected chi connectivity index (χ4v) is 6.64. The predicted octanol–water partition coefficient (Wildman–Crippen LogP) is 12.4. The molecule has 0 atom stereocenters. The number of aromatic nitrogens is 2. The molecule has 0 aliphatic carbocycles. The molecule has 9 aromatic rings. The molecule has 0 amide bonds. The van der Waals surface area contributed by atoms with E-state index < -0.39 is 0 Å². The van der Waals surface area contributed by atoms with Crippen molar-refractivity contribution >= 4 is 21.7 Å². The molecule has 0 radical (unpaired) electrons. The van der Waals surface area contributed by atoms with Crippen LogP contribution >= 0.6 is 0 Å². The molecule has 0 fully saturated rings. The fraction of sp³-hybridized carbons (Fsp3) is 0. The average molecular weight is 627 g/mol. The summed E-state index contributed by atoms with van der Waals surface area (Å²) in [6, 6.07) is 63.2. The van der Waals surface area contributed by atoms with Crippen molar-refractivity contribution in [3.8, 4) is 67.5 Å². The van der Waals surface area contributed by atoms with E-state index in [2.05, 4.69) is 158 Å². The topological polar surface area (TPSA) is 38.9 Å². The van der Waals surface area contributed by atoms with Crippen LogP contribution < -0.4 is 0 Å². The molecule has 2 heterocycles. The van der Waals surface area contributed by atoms with E-state index in [-0.39, 0.29) is 0 Å². The summed E-state index contributed by atoms with van der Waals surface area (Å²) in [5.74, 6) is 1.53. The lowest BCUT2D eigenvalue weighted by molar-refractivity contribution is 0.631. The third kappa shape index (κ3) is 5.48. The lowest BCUT2D eigenvalue weighted by Gasteiger charge is -2.13. The van der Waals surface area contributed by atoms with Gasteiger partial charge in [0.25, 0.3) is 0 Å². The summed E-state index contributed by atoms with van der Waals surface area (Å²) in [6.45, 7) is 0. The van der Waals surface area contributed by atoms with Crippen molar-refractivity contribution in [1.82, 2.24) is 9.97 Å². The van der Waals surface area contributed by atoms with Gasteiger partial charge in [-0.05, 0) is 51.2 Å². The summed E-state index contributed by atoms with van der Waals surface area (Å²) >= 11 is 0. The monoisotopic (exact) mass is 626 g/mol. The van der Waals surface area contributed by atoms with E-state index in [1.807, 2.05) is 24.3 Å². The smallest absolute Gasteiger partial charge is 0.161 e. The fourth-order valence-electron chi connectivity index (χ4n) is 6.64. The van der Waals surface area contributed by atoms with Gasteiger partial charge in [0, 0.05) is 27.6 Å².